The van der Waals surface area contributed by atoms with Crippen molar-refractivity contribution in [2.75, 3.05) is 13.2 Å². The number of carboxylic acids is 1. The molecular weight excluding hydrogens is 420 g/mol. The lowest BCUT2D eigenvalue weighted by Gasteiger charge is -2.21. The molecule has 1 N–H and O–H groups in total. The zero-order valence-electron chi connectivity index (χ0n) is 20.7. The van der Waals surface area contributed by atoms with Gasteiger partial charge in [0.15, 0.2) is 6.29 Å². The first kappa shape index (κ1) is 30.0. The second-order valence-corrected chi connectivity index (χ2v) is 6.99. The van der Waals surface area contributed by atoms with E-state index in [4.69, 9.17) is 19.3 Å². The highest BCUT2D eigenvalue weighted by Crippen LogP contribution is 2.09. The van der Waals surface area contributed by atoms with Crippen molar-refractivity contribution in [3.8, 4) is 0 Å². The van der Waals surface area contributed by atoms with Gasteiger partial charge < -0.3 is 19.3 Å². The molecule has 2 aromatic rings. The quantitative estimate of drug-likeness (QED) is 0.259. The fourth-order valence-electron chi connectivity index (χ4n) is 2.40. The Bertz CT molecular complexity index is 812. The van der Waals surface area contributed by atoms with Crippen molar-refractivity contribution >= 4 is 11.9 Å². The van der Waals surface area contributed by atoms with Crippen molar-refractivity contribution in [1.82, 2.24) is 0 Å². The van der Waals surface area contributed by atoms with Crippen molar-refractivity contribution in [2.45, 2.75) is 60.4 Å². The molecule has 0 saturated heterocycles. The van der Waals surface area contributed by atoms with E-state index in [1.54, 1.807) is 42.5 Å². The molecule has 0 aliphatic rings. The Morgan fingerprint density at radius 2 is 1.45 bits per heavy atom. The van der Waals surface area contributed by atoms with Crippen LogP contribution in [0.1, 0.15) is 66.0 Å². The Morgan fingerprint density at radius 3 is 1.88 bits per heavy atom. The number of carbonyl (C=O) groups is 2. The number of rotatable bonds is 10. The summed E-state index contributed by atoms with van der Waals surface area (Å²) in [5, 5.41) is 8.48. The van der Waals surface area contributed by atoms with Gasteiger partial charge in [0.2, 0.25) is 0 Å². The number of benzene rings is 2. The van der Waals surface area contributed by atoms with E-state index in [2.05, 4.69) is 6.58 Å². The van der Waals surface area contributed by atoms with Gasteiger partial charge in [0.05, 0.1) is 23.8 Å². The molecule has 6 heteroatoms. The van der Waals surface area contributed by atoms with E-state index in [0.717, 1.165) is 17.5 Å². The summed E-state index contributed by atoms with van der Waals surface area (Å²) in [6, 6.07) is 14.0. The second-order valence-electron chi connectivity index (χ2n) is 6.99. The van der Waals surface area contributed by atoms with Crippen molar-refractivity contribution in [2.24, 2.45) is 0 Å². The molecule has 182 valence electrons. The molecular formula is C27H38O6. The fraction of sp³-hybridized carbons (Fsp3) is 0.407. The number of aromatic carboxylic acids is 1. The summed E-state index contributed by atoms with van der Waals surface area (Å²) >= 11 is 0. The van der Waals surface area contributed by atoms with E-state index in [1.807, 2.05) is 53.7 Å². The molecule has 0 heterocycles. The molecule has 0 aliphatic carbocycles. The van der Waals surface area contributed by atoms with Gasteiger partial charge in [-0.1, -0.05) is 62.2 Å². The first-order valence-corrected chi connectivity index (χ1v) is 11.2. The average molecular weight is 459 g/mol. The molecule has 0 aromatic heterocycles. The minimum atomic E-state index is -0.875. The van der Waals surface area contributed by atoms with Crippen molar-refractivity contribution in [3.05, 3.63) is 83.4 Å². The number of hydrogen-bond acceptors (Lipinski definition) is 5. The van der Waals surface area contributed by atoms with E-state index in [1.165, 1.54) is 0 Å². The first-order chi connectivity index (χ1) is 15.8. The van der Waals surface area contributed by atoms with Crippen LogP contribution in [0, 0.1) is 13.8 Å². The Labute approximate surface area is 198 Å². The molecule has 0 saturated carbocycles. The van der Waals surface area contributed by atoms with Crippen LogP contribution < -0.4 is 0 Å². The van der Waals surface area contributed by atoms with Crippen molar-refractivity contribution < 1.29 is 28.9 Å². The van der Waals surface area contributed by atoms with Crippen LogP contribution in [-0.4, -0.2) is 42.7 Å². The van der Waals surface area contributed by atoms with Crippen LogP contribution in [-0.2, 0) is 14.2 Å². The van der Waals surface area contributed by atoms with E-state index in [0.29, 0.717) is 17.7 Å². The Kier molecular flexibility index (Phi) is 16.0. The molecule has 0 spiro atoms. The third kappa shape index (κ3) is 13.2. The first-order valence-electron chi connectivity index (χ1n) is 11.2. The Morgan fingerprint density at radius 1 is 0.970 bits per heavy atom. The van der Waals surface area contributed by atoms with Gasteiger partial charge in [0, 0.05) is 0 Å². The monoisotopic (exact) mass is 458 g/mol. The summed E-state index contributed by atoms with van der Waals surface area (Å²) in [5.41, 5.74) is 3.07. The van der Waals surface area contributed by atoms with Crippen molar-refractivity contribution in [1.29, 1.82) is 0 Å². The number of aryl methyl sites for hydroxylation is 2. The summed E-state index contributed by atoms with van der Waals surface area (Å²) in [6.07, 6.45) is 1.87. The number of hydrogen-bond donors (Lipinski definition) is 1. The topological polar surface area (TPSA) is 82.1 Å². The van der Waals surface area contributed by atoms with Crippen LogP contribution >= 0.6 is 0 Å². The number of ether oxygens (including phenoxy) is 3. The van der Waals surface area contributed by atoms with Gasteiger partial charge in [0.1, 0.15) is 6.61 Å². The minimum Gasteiger partial charge on any atom is -0.478 e. The molecule has 6 nitrogen and oxygen atoms in total. The van der Waals surface area contributed by atoms with Crippen LogP contribution in [0.3, 0.4) is 0 Å². The molecule has 0 amide bonds. The molecule has 33 heavy (non-hydrogen) atoms. The summed E-state index contributed by atoms with van der Waals surface area (Å²) in [4.78, 5) is 22.2. The van der Waals surface area contributed by atoms with Crippen LogP contribution in [0.15, 0.2) is 61.2 Å². The largest absolute Gasteiger partial charge is 0.478 e. The van der Waals surface area contributed by atoms with Crippen LogP contribution in [0.5, 0.6) is 0 Å². The molecule has 0 aliphatic heterocycles. The summed E-state index contributed by atoms with van der Waals surface area (Å²) in [5.74, 6) is -1.21. The van der Waals surface area contributed by atoms with Crippen LogP contribution in [0.2, 0.25) is 0 Å². The third-order valence-electron chi connectivity index (χ3n) is 4.27. The third-order valence-corrected chi connectivity index (χ3v) is 4.27. The predicted octanol–water partition coefficient (Wildman–Crippen LogP) is 6.22. The van der Waals surface area contributed by atoms with Gasteiger partial charge in [-0.25, -0.2) is 9.59 Å². The van der Waals surface area contributed by atoms with E-state index < -0.39 is 5.97 Å². The van der Waals surface area contributed by atoms with Gasteiger partial charge in [0.25, 0.3) is 0 Å². The minimum absolute atomic E-state index is 0.181. The molecule has 0 fully saturated rings. The average Bonchev–Trinajstić information content (AvgIpc) is 2.82. The highest BCUT2D eigenvalue weighted by atomic mass is 16.7. The molecule has 2 rings (SSSR count). The lowest BCUT2D eigenvalue weighted by molar-refractivity contribution is -0.163. The van der Waals surface area contributed by atoms with E-state index in [9.17, 15) is 9.59 Å². The normalized spacial score (nSPS) is 11.6. The second kappa shape index (κ2) is 17.6. The molecule has 0 bridgehead atoms. The lowest BCUT2D eigenvalue weighted by atomic mass is 10.1. The van der Waals surface area contributed by atoms with E-state index >= 15 is 0 Å². The molecule has 0 radical (unpaired) electrons. The van der Waals surface area contributed by atoms with Crippen LogP contribution in [0.4, 0.5) is 0 Å². The van der Waals surface area contributed by atoms with Gasteiger partial charge in [-0.15, -0.1) is 6.58 Å². The van der Waals surface area contributed by atoms with Crippen molar-refractivity contribution in [3.63, 3.8) is 0 Å². The maximum atomic E-state index is 11.9. The van der Waals surface area contributed by atoms with Gasteiger partial charge in [-0.2, -0.15) is 0 Å². The lowest BCUT2D eigenvalue weighted by Crippen LogP contribution is -2.27. The fourth-order valence-corrected chi connectivity index (χ4v) is 2.40. The summed E-state index contributed by atoms with van der Waals surface area (Å²) < 4.78 is 16.3. The Hall–Kier alpha value is -2.96. The predicted molar refractivity (Wildman–Crippen MR) is 132 cm³/mol. The van der Waals surface area contributed by atoms with Gasteiger partial charge >= 0.3 is 11.9 Å². The maximum absolute atomic E-state index is 11.9. The van der Waals surface area contributed by atoms with Crippen LogP contribution in [0.25, 0.3) is 0 Å². The molecule has 2 aromatic carbocycles. The van der Waals surface area contributed by atoms with Gasteiger partial charge in [-0.3, -0.25) is 0 Å². The molecule has 2 atom stereocenters. The Balaban J connectivity index is 0.000000709. The summed E-state index contributed by atoms with van der Waals surface area (Å²) in [6.45, 7) is 15.9. The highest BCUT2D eigenvalue weighted by molar-refractivity contribution is 5.89. The zero-order chi connectivity index (χ0) is 25.2. The molecule has 1 unspecified atom stereocenters. The maximum Gasteiger partial charge on any atom is 0.338 e. The summed E-state index contributed by atoms with van der Waals surface area (Å²) in [7, 11) is 0. The number of carbonyl (C=O) groups excluding carboxylic acids is 1. The standard InChI is InChI=1S/C17H24O4.C8H8O2.C2H6/c1-5-11-19-14(4)21-16(6-2)12-20-17(18)15-9-7-13(3)8-10-15;1-6-2-4-7(5-3-6)8(9)10;1-2/h5,7-10,14,16H,1,6,11-12H2,2-4H3;2-5H,1H3,(H,9,10);1-2H3/t14?,16-;;/m0../s1. The number of esters is 1. The number of carboxylic acid groups (broad SMARTS) is 1. The smallest absolute Gasteiger partial charge is 0.338 e. The highest BCUT2D eigenvalue weighted by Gasteiger charge is 2.15. The van der Waals surface area contributed by atoms with E-state index in [-0.39, 0.29) is 25.0 Å². The zero-order valence-corrected chi connectivity index (χ0v) is 20.7. The van der Waals surface area contributed by atoms with Gasteiger partial charge in [-0.05, 0) is 51.5 Å². The SMILES string of the molecule is C=CCOC(C)O[C@@H](CC)COC(=O)c1ccc(C)cc1.CC.Cc1ccc(C(=O)O)cc1.